The summed E-state index contributed by atoms with van der Waals surface area (Å²) in [4.78, 5) is 29.5. The molecule has 2 amide bonds. The fourth-order valence-corrected chi connectivity index (χ4v) is 3.94. The summed E-state index contributed by atoms with van der Waals surface area (Å²) in [7, 11) is 1.56. The van der Waals surface area contributed by atoms with Crippen LogP contribution in [0.25, 0.3) is 11.0 Å². The Morgan fingerprint density at radius 3 is 2.44 bits per heavy atom. The lowest BCUT2D eigenvalue weighted by atomic mass is 10.1. The van der Waals surface area contributed by atoms with Gasteiger partial charge in [0.1, 0.15) is 5.58 Å². The average Bonchev–Trinajstić information content (AvgIpc) is 3.21. The summed E-state index contributed by atoms with van der Waals surface area (Å²) in [5.41, 5.74) is 7.44. The number of amides is 2. The van der Waals surface area contributed by atoms with Crippen molar-refractivity contribution in [2.24, 2.45) is 0 Å². The molecule has 0 aliphatic carbocycles. The number of hydrogen-bond donors (Lipinski definition) is 2. The van der Waals surface area contributed by atoms with Gasteiger partial charge in [-0.1, -0.05) is 36.4 Å². The molecule has 1 aliphatic rings. The Labute approximate surface area is 187 Å². The van der Waals surface area contributed by atoms with Crippen molar-refractivity contribution in [3.05, 3.63) is 65.9 Å². The third kappa shape index (κ3) is 5.09. The molecule has 1 saturated heterocycles. The fourth-order valence-electron chi connectivity index (χ4n) is 3.94. The van der Waals surface area contributed by atoms with Crippen molar-refractivity contribution >= 4 is 28.5 Å². The molecule has 8 nitrogen and oxygen atoms in total. The molecule has 0 spiro atoms. The Kier molecular flexibility index (Phi) is 7.03. The Morgan fingerprint density at radius 2 is 1.69 bits per heavy atom. The normalized spacial score (nSPS) is 14.5. The number of ether oxygens (including phenoxy) is 1. The van der Waals surface area contributed by atoms with Crippen molar-refractivity contribution in [3.63, 3.8) is 0 Å². The van der Waals surface area contributed by atoms with Crippen LogP contribution in [0, 0.1) is 0 Å². The zero-order valence-corrected chi connectivity index (χ0v) is 18.2. The van der Waals surface area contributed by atoms with Crippen LogP contribution < -0.4 is 15.8 Å². The van der Waals surface area contributed by atoms with E-state index in [1.54, 1.807) is 13.2 Å². The van der Waals surface area contributed by atoms with Crippen LogP contribution in [0.1, 0.15) is 22.5 Å². The molecule has 3 aromatic rings. The van der Waals surface area contributed by atoms with E-state index in [2.05, 4.69) is 32.8 Å². The van der Waals surface area contributed by atoms with Gasteiger partial charge in [0.15, 0.2) is 5.76 Å². The summed E-state index contributed by atoms with van der Waals surface area (Å²) in [6, 6.07) is 17.7. The SMILES string of the molecule is COCc1c(C(=O)NNC(=O)CCN2CCN(c3ccccc3)CC2)oc2ccccc12. The van der Waals surface area contributed by atoms with Crippen LogP contribution in [0.15, 0.2) is 59.0 Å². The highest BCUT2D eigenvalue weighted by Gasteiger charge is 2.21. The lowest BCUT2D eigenvalue weighted by molar-refractivity contribution is -0.122. The van der Waals surface area contributed by atoms with Crippen LogP contribution in [0.2, 0.25) is 0 Å². The lowest BCUT2D eigenvalue weighted by Crippen LogP contribution is -2.48. The lowest BCUT2D eigenvalue weighted by Gasteiger charge is -2.36. The van der Waals surface area contributed by atoms with E-state index in [1.807, 2.05) is 36.4 Å². The van der Waals surface area contributed by atoms with Gasteiger partial charge in [-0.3, -0.25) is 25.3 Å². The molecule has 2 heterocycles. The summed E-state index contributed by atoms with van der Waals surface area (Å²) < 4.78 is 10.9. The van der Waals surface area contributed by atoms with Gasteiger partial charge in [-0.25, -0.2) is 0 Å². The zero-order chi connectivity index (χ0) is 22.3. The van der Waals surface area contributed by atoms with Gasteiger partial charge in [-0.2, -0.15) is 0 Å². The quantitative estimate of drug-likeness (QED) is 0.554. The van der Waals surface area contributed by atoms with Crippen LogP contribution in [-0.2, 0) is 16.1 Å². The van der Waals surface area contributed by atoms with Crippen molar-refractivity contribution in [1.29, 1.82) is 0 Å². The highest BCUT2D eigenvalue weighted by molar-refractivity contribution is 5.99. The molecule has 1 aromatic heterocycles. The van der Waals surface area contributed by atoms with E-state index < -0.39 is 5.91 Å². The Bertz CT molecular complexity index is 1060. The minimum absolute atomic E-state index is 0.144. The molecule has 4 rings (SSSR count). The van der Waals surface area contributed by atoms with E-state index in [4.69, 9.17) is 9.15 Å². The predicted octanol–water partition coefficient (Wildman–Crippen LogP) is 2.55. The number of carbonyl (C=O) groups excluding carboxylic acids is 2. The molecule has 1 fully saturated rings. The zero-order valence-electron chi connectivity index (χ0n) is 18.2. The molecule has 0 atom stereocenters. The highest BCUT2D eigenvalue weighted by Crippen LogP contribution is 2.26. The molecule has 0 radical (unpaired) electrons. The van der Waals surface area contributed by atoms with E-state index in [1.165, 1.54) is 5.69 Å². The Balaban J connectivity index is 1.24. The molecule has 32 heavy (non-hydrogen) atoms. The first-order chi connectivity index (χ1) is 15.7. The molecule has 8 heteroatoms. The number of methoxy groups -OCH3 is 1. The minimum atomic E-state index is -0.502. The number of fused-ring (bicyclic) bond motifs is 1. The number of benzene rings is 2. The van der Waals surface area contributed by atoms with Gasteiger partial charge in [0.25, 0.3) is 0 Å². The number of rotatable bonds is 7. The highest BCUT2D eigenvalue weighted by atomic mass is 16.5. The first-order valence-corrected chi connectivity index (χ1v) is 10.8. The van der Waals surface area contributed by atoms with Crippen LogP contribution in [-0.4, -0.2) is 56.5 Å². The van der Waals surface area contributed by atoms with Gasteiger partial charge in [-0.05, 0) is 18.2 Å². The van der Waals surface area contributed by atoms with Crippen molar-refractivity contribution in [1.82, 2.24) is 15.8 Å². The van der Waals surface area contributed by atoms with Gasteiger partial charge in [0.2, 0.25) is 5.91 Å². The first-order valence-electron chi connectivity index (χ1n) is 10.8. The second kappa shape index (κ2) is 10.3. The maximum atomic E-state index is 12.6. The molecule has 0 unspecified atom stereocenters. The molecular weight excluding hydrogens is 408 g/mol. The largest absolute Gasteiger partial charge is 0.450 e. The molecular formula is C24H28N4O4. The van der Waals surface area contributed by atoms with Crippen LogP contribution in [0.3, 0.4) is 0 Å². The van der Waals surface area contributed by atoms with Crippen molar-refractivity contribution in [2.75, 3.05) is 44.7 Å². The maximum absolute atomic E-state index is 12.6. The van der Waals surface area contributed by atoms with Gasteiger partial charge in [0, 0.05) is 62.9 Å². The maximum Gasteiger partial charge on any atom is 0.305 e. The van der Waals surface area contributed by atoms with Gasteiger partial charge in [0.05, 0.1) is 6.61 Å². The summed E-state index contributed by atoms with van der Waals surface area (Å²) in [5, 5.41) is 0.820. The van der Waals surface area contributed by atoms with Gasteiger partial charge >= 0.3 is 5.91 Å². The number of nitrogens with zero attached hydrogens (tertiary/aromatic N) is 2. The number of carbonyl (C=O) groups is 2. The second-order valence-corrected chi connectivity index (χ2v) is 7.76. The van der Waals surface area contributed by atoms with E-state index in [-0.39, 0.29) is 18.3 Å². The molecule has 0 saturated carbocycles. The third-order valence-corrected chi connectivity index (χ3v) is 5.66. The van der Waals surface area contributed by atoms with E-state index in [0.717, 1.165) is 31.6 Å². The summed E-state index contributed by atoms with van der Waals surface area (Å²) in [6.07, 6.45) is 0.302. The first kappa shape index (κ1) is 21.9. The summed E-state index contributed by atoms with van der Waals surface area (Å²) in [6.45, 7) is 4.53. The third-order valence-electron chi connectivity index (χ3n) is 5.66. The monoisotopic (exact) mass is 436 g/mol. The number of hydrazine groups is 1. The van der Waals surface area contributed by atoms with Crippen molar-refractivity contribution < 1.29 is 18.7 Å². The van der Waals surface area contributed by atoms with Crippen LogP contribution in [0.4, 0.5) is 5.69 Å². The fraction of sp³-hybridized carbons (Fsp3) is 0.333. The molecule has 2 aromatic carbocycles. The van der Waals surface area contributed by atoms with Crippen LogP contribution >= 0.6 is 0 Å². The summed E-state index contributed by atoms with van der Waals surface area (Å²) in [5.74, 6) is -0.600. The Morgan fingerprint density at radius 1 is 0.969 bits per heavy atom. The number of piperazine rings is 1. The Hall–Kier alpha value is -3.36. The second-order valence-electron chi connectivity index (χ2n) is 7.76. The summed E-state index contributed by atoms with van der Waals surface area (Å²) >= 11 is 0. The van der Waals surface area contributed by atoms with Crippen LogP contribution in [0.5, 0.6) is 0 Å². The number of nitrogens with one attached hydrogen (secondary N) is 2. The number of para-hydroxylation sites is 2. The number of anilines is 1. The van der Waals surface area contributed by atoms with E-state index >= 15 is 0 Å². The minimum Gasteiger partial charge on any atom is -0.450 e. The van der Waals surface area contributed by atoms with Crippen molar-refractivity contribution in [2.45, 2.75) is 13.0 Å². The van der Waals surface area contributed by atoms with E-state index in [0.29, 0.717) is 24.1 Å². The molecule has 2 N–H and O–H groups in total. The standard InChI is InChI=1S/C24H28N4O4/c1-31-17-20-19-9-5-6-10-21(19)32-23(20)24(30)26-25-22(29)11-12-27-13-15-28(16-14-27)18-7-3-2-4-8-18/h2-10H,11-17H2,1H3,(H,25,29)(H,26,30). The smallest absolute Gasteiger partial charge is 0.305 e. The number of furan rings is 1. The van der Waals surface area contributed by atoms with Crippen molar-refractivity contribution in [3.8, 4) is 0 Å². The topological polar surface area (TPSA) is 87.0 Å². The molecule has 168 valence electrons. The molecule has 1 aliphatic heterocycles. The number of hydrogen-bond acceptors (Lipinski definition) is 6. The predicted molar refractivity (Wildman–Crippen MR) is 122 cm³/mol. The average molecular weight is 437 g/mol. The molecule has 0 bridgehead atoms. The van der Waals surface area contributed by atoms with Gasteiger partial charge < -0.3 is 14.1 Å². The van der Waals surface area contributed by atoms with Gasteiger partial charge in [-0.15, -0.1) is 0 Å². The van der Waals surface area contributed by atoms with E-state index in [9.17, 15) is 9.59 Å².